The molecule has 0 aliphatic carbocycles. The lowest BCUT2D eigenvalue weighted by Crippen LogP contribution is -2.19. The number of nitro benzene ring substituents is 1. The fourth-order valence-electron chi connectivity index (χ4n) is 1.92. The SMILES string of the molecule is O=C(COc1ccc([N+](=O)[O-])cc1)Nc1nc2ccc(Cl)cc2s1. The van der Waals surface area contributed by atoms with Crippen LogP contribution in [0.25, 0.3) is 10.2 Å². The molecule has 2 aromatic carbocycles. The van der Waals surface area contributed by atoms with E-state index in [1.54, 1.807) is 18.2 Å². The zero-order chi connectivity index (χ0) is 17.1. The van der Waals surface area contributed by atoms with E-state index >= 15 is 0 Å². The third-order valence-electron chi connectivity index (χ3n) is 3.01. The number of carbonyl (C=O) groups excluding carboxylic acids is 1. The zero-order valence-electron chi connectivity index (χ0n) is 12.1. The van der Waals surface area contributed by atoms with Gasteiger partial charge in [0, 0.05) is 17.2 Å². The molecular weight excluding hydrogens is 354 g/mol. The van der Waals surface area contributed by atoms with Gasteiger partial charge in [0.2, 0.25) is 0 Å². The molecule has 0 atom stereocenters. The van der Waals surface area contributed by atoms with Crippen molar-refractivity contribution in [2.45, 2.75) is 0 Å². The molecule has 1 aromatic heterocycles. The number of hydrogen-bond donors (Lipinski definition) is 1. The van der Waals surface area contributed by atoms with E-state index in [0.717, 1.165) is 10.2 Å². The number of aromatic nitrogens is 1. The van der Waals surface area contributed by atoms with Crippen LogP contribution >= 0.6 is 22.9 Å². The predicted octanol–water partition coefficient (Wildman–Crippen LogP) is 3.88. The molecule has 9 heteroatoms. The number of nitro groups is 1. The molecule has 1 N–H and O–H groups in total. The summed E-state index contributed by atoms with van der Waals surface area (Å²) < 4.78 is 6.16. The predicted molar refractivity (Wildman–Crippen MR) is 91.9 cm³/mol. The number of benzene rings is 2. The Bertz CT molecular complexity index is 911. The second kappa shape index (κ2) is 6.81. The Morgan fingerprint density at radius 3 is 2.75 bits per heavy atom. The van der Waals surface area contributed by atoms with Gasteiger partial charge in [0.1, 0.15) is 5.75 Å². The Kier molecular flexibility index (Phi) is 4.59. The summed E-state index contributed by atoms with van der Waals surface area (Å²) in [6.07, 6.45) is 0. The van der Waals surface area contributed by atoms with Gasteiger partial charge in [0.25, 0.3) is 11.6 Å². The number of ether oxygens (including phenoxy) is 1. The molecule has 0 radical (unpaired) electrons. The summed E-state index contributed by atoms with van der Waals surface area (Å²) in [6, 6.07) is 10.8. The molecule has 1 heterocycles. The third kappa shape index (κ3) is 3.79. The maximum absolute atomic E-state index is 11.9. The number of carbonyl (C=O) groups is 1. The van der Waals surface area contributed by atoms with Crippen molar-refractivity contribution in [3.8, 4) is 5.75 Å². The van der Waals surface area contributed by atoms with Crippen LogP contribution in [0.2, 0.25) is 5.02 Å². The van der Waals surface area contributed by atoms with Crippen LogP contribution in [0.15, 0.2) is 42.5 Å². The minimum atomic E-state index is -0.504. The number of rotatable bonds is 5. The Morgan fingerprint density at radius 2 is 2.04 bits per heavy atom. The van der Waals surface area contributed by atoms with Crippen LogP contribution in [0.4, 0.5) is 10.8 Å². The van der Waals surface area contributed by atoms with Gasteiger partial charge in [0.05, 0.1) is 15.1 Å². The number of anilines is 1. The van der Waals surface area contributed by atoms with Gasteiger partial charge in [-0.15, -0.1) is 0 Å². The topological polar surface area (TPSA) is 94.4 Å². The van der Waals surface area contributed by atoms with Gasteiger partial charge >= 0.3 is 0 Å². The van der Waals surface area contributed by atoms with Crippen LogP contribution in [0.3, 0.4) is 0 Å². The molecule has 0 aliphatic heterocycles. The maximum Gasteiger partial charge on any atom is 0.269 e. The summed E-state index contributed by atoms with van der Waals surface area (Å²) in [4.78, 5) is 26.2. The first-order valence-corrected chi connectivity index (χ1v) is 7.94. The van der Waals surface area contributed by atoms with Crippen LogP contribution in [0, 0.1) is 10.1 Å². The number of nitrogens with one attached hydrogen (secondary N) is 1. The molecule has 122 valence electrons. The summed E-state index contributed by atoms with van der Waals surface area (Å²) in [7, 11) is 0. The van der Waals surface area contributed by atoms with Crippen molar-refractivity contribution in [1.82, 2.24) is 4.98 Å². The lowest BCUT2D eigenvalue weighted by molar-refractivity contribution is -0.384. The summed E-state index contributed by atoms with van der Waals surface area (Å²) in [5, 5.41) is 14.3. The van der Waals surface area contributed by atoms with E-state index in [0.29, 0.717) is 15.9 Å². The summed E-state index contributed by atoms with van der Waals surface area (Å²) in [6.45, 7) is -0.228. The number of thiazole rings is 1. The Balaban J connectivity index is 1.59. The van der Waals surface area contributed by atoms with Gasteiger partial charge in [-0.05, 0) is 30.3 Å². The zero-order valence-corrected chi connectivity index (χ0v) is 13.6. The number of nitrogens with zero attached hydrogens (tertiary/aromatic N) is 2. The van der Waals surface area contributed by atoms with Crippen LogP contribution in [0.5, 0.6) is 5.75 Å². The van der Waals surface area contributed by atoms with Gasteiger partial charge in [-0.2, -0.15) is 0 Å². The molecule has 0 saturated heterocycles. The Morgan fingerprint density at radius 1 is 1.29 bits per heavy atom. The first-order valence-electron chi connectivity index (χ1n) is 6.74. The highest BCUT2D eigenvalue weighted by Crippen LogP contribution is 2.28. The maximum atomic E-state index is 11.9. The van der Waals surface area contributed by atoms with Crippen molar-refractivity contribution in [3.05, 3.63) is 57.6 Å². The molecule has 0 spiro atoms. The summed E-state index contributed by atoms with van der Waals surface area (Å²) in [5.41, 5.74) is 0.705. The number of amides is 1. The smallest absolute Gasteiger partial charge is 0.269 e. The van der Waals surface area contributed by atoms with E-state index < -0.39 is 4.92 Å². The standard InChI is InChI=1S/C15H10ClN3O4S/c16-9-1-6-12-13(7-9)24-15(17-12)18-14(20)8-23-11-4-2-10(3-5-11)19(21)22/h1-7H,8H2,(H,17,18,20). The average molecular weight is 364 g/mol. The molecule has 7 nitrogen and oxygen atoms in total. The van der Waals surface area contributed by atoms with Crippen molar-refractivity contribution in [2.75, 3.05) is 11.9 Å². The van der Waals surface area contributed by atoms with Gasteiger partial charge in [0.15, 0.2) is 11.7 Å². The third-order valence-corrected chi connectivity index (χ3v) is 4.18. The Labute approximate surface area is 145 Å². The van der Waals surface area contributed by atoms with Crippen LogP contribution in [0.1, 0.15) is 0 Å². The fraction of sp³-hybridized carbons (Fsp3) is 0.0667. The van der Waals surface area contributed by atoms with Gasteiger partial charge in [-0.25, -0.2) is 4.98 Å². The molecule has 0 unspecified atom stereocenters. The highest BCUT2D eigenvalue weighted by molar-refractivity contribution is 7.22. The molecule has 24 heavy (non-hydrogen) atoms. The minimum Gasteiger partial charge on any atom is -0.484 e. The number of hydrogen-bond acceptors (Lipinski definition) is 6. The molecule has 3 rings (SSSR count). The second-order valence-electron chi connectivity index (χ2n) is 4.72. The highest BCUT2D eigenvalue weighted by Gasteiger charge is 2.10. The van der Waals surface area contributed by atoms with Crippen LogP contribution < -0.4 is 10.1 Å². The fourth-order valence-corrected chi connectivity index (χ4v) is 3.08. The second-order valence-corrected chi connectivity index (χ2v) is 6.19. The van der Waals surface area contributed by atoms with Crippen molar-refractivity contribution in [2.24, 2.45) is 0 Å². The quantitative estimate of drug-likeness (QED) is 0.548. The molecule has 0 aliphatic rings. The summed E-state index contributed by atoms with van der Waals surface area (Å²) in [5.74, 6) is -0.00895. The van der Waals surface area contributed by atoms with E-state index in [1.165, 1.54) is 35.6 Å². The molecule has 0 fully saturated rings. The van der Waals surface area contributed by atoms with Crippen molar-refractivity contribution in [1.29, 1.82) is 0 Å². The lowest BCUT2D eigenvalue weighted by atomic mass is 10.3. The minimum absolute atomic E-state index is 0.0417. The van der Waals surface area contributed by atoms with E-state index in [4.69, 9.17) is 16.3 Å². The van der Waals surface area contributed by atoms with E-state index in [-0.39, 0.29) is 18.2 Å². The molecule has 0 saturated carbocycles. The van der Waals surface area contributed by atoms with Crippen molar-refractivity contribution in [3.63, 3.8) is 0 Å². The van der Waals surface area contributed by atoms with E-state index in [1.807, 2.05) is 0 Å². The number of fused-ring (bicyclic) bond motifs is 1. The normalized spacial score (nSPS) is 10.5. The molecule has 1 amide bonds. The van der Waals surface area contributed by atoms with Gasteiger partial charge in [-0.3, -0.25) is 20.2 Å². The average Bonchev–Trinajstić information content (AvgIpc) is 2.94. The van der Waals surface area contributed by atoms with Crippen LogP contribution in [-0.4, -0.2) is 22.4 Å². The monoisotopic (exact) mass is 363 g/mol. The first kappa shape index (κ1) is 16.2. The Hall–Kier alpha value is -2.71. The van der Waals surface area contributed by atoms with Crippen molar-refractivity contribution >= 4 is 49.9 Å². The van der Waals surface area contributed by atoms with Gasteiger partial charge in [-0.1, -0.05) is 22.9 Å². The number of halogens is 1. The van der Waals surface area contributed by atoms with Crippen LogP contribution in [-0.2, 0) is 4.79 Å². The molecule has 3 aromatic rings. The first-order chi connectivity index (χ1) is 11.5. The van der Waals surface area contributed by atoms with Crippen molar-refractivity contribution < 1.29 is 14.5 Å². The lowest BCUT2D eigenvalue weighted by Gasteiger charge is -2.05. The molecule has 0 bridgehead atoms. The molecular formula is C15H10ClN3O4S. The van der Waals surface area contributed by atoms with E-state index in [9.17, 15) is 14.9 Å². The largest absolute Gasteiger partial charge is 0.484 e. The van der Waals surface area contributed by atoms with E-state index in [2.05, 4.69) is 10.3 Å². The highest BCUT2D eigenvalue weighted by atomic mass is 35.5. The summed E-state index contributed by atoms with van der Waals surface area (Å²) >= 11 is 7.22. The number of non-ortho nitro benzene ring substituents is 1. The van der Waals surface area contributed by atoms with Gasteiger partial charge < -0.3 is 4.74 Å².